The lowest BCUT2D eigenvalue weighted by Gasteiger charge is -2.38. The van der Waals surface area contributed by atoms with Gasteiger partial charge < -0.3 is 14.7 Å². The maximum atomic E-state index is 12.5. The molecule has 116 valence electrons. The van der Waals surface area contributed by atoms with E-state index in [0.29, 0.717) is 19.6 Å². The molecule has 0 saturated carbocycles. The van der Waals surface area contributed by atoms with Gasteiger partial charge in [0.2, 0.25) is 5.91 Å². The molecule has 1 amide bonds. The molecule has 1 saturated heterocycles. The van der Waals surface area contributed by atoms with E-state index >= 15 is 0 Å². The van der Waals surface area contributed by atoms with E-state index in [1.165, 1.54) is 0 Å². The molecule has 3 atom stereocenters. The molecule has 0 bridgehead atoms. The molecule has 1 N–H and O–H groups in total. The first-order valence-corrected chi connectivity index (χ1v) is 8.08. The van der Waals surface area contributed by atoms with Gasteiger partial charge in [0.15, 0.2) is 0 Å². The minimum absolute atomic E-state index is 0.0429. The van der Waals surface area contributed by atoms with E-state index in [1.54, 1.807) is 0 Å². The fourth-order valence-corrected chi connectivity index (χ4v) is 2.83. The van der Waals surface area contributed by atoms with Gasteiger partial charge in [-0.15, -0.1) is 0 Å². The molecule has 1 aliphatic heterocycles. The second-order valence-electron chi connectivity index (χ2n) is 5.69. The van der Waals surface area contributed by atoms with Crippen LogP contribution >= 0.6 is 15.9 Å². The van der Waals surface area contributed by atoms with Crippen LogP contribution in [-0.2, 0) is 9.53 Å². The molecule has 3 unspecified atom stereocenters. The fourth-order valence-electron chi connectivity index (χ4n) is 2.56. The summed E-state index contributed by atoms with van der Waals surface area (Å²) >= 11 is 3.42. The Balaban J connectivity index is 1.97. The molecule has 1 heterocycles. The third-order valence-electron chi connectivity index (χ3n) is 3.95. The summed E-state index contributed by atoms with van der Waals surface area (Å²) in [5, 5.41) is 9.20. The van der Waals surface area contributed by atoms with Crippen molar-refractivity contribution in [1.82, 2.24) is 4.90 Å². The SMILES string of the molecule is CC(CC(=O)N1CC(CO)OCC1C)c1ccc(Br)cc1. The minimum Gasteiger partial charge on any atom is -0.394 e. The van der Waals surface area contributed by atoms with Gasteiger partial charge in [-0.3, -0.25) is 4.79 Å². The van der Waals surface area contributed by atoms with E-state index in [4.69, 9.17) is 4.74 Å². The zero-order chi connectivity index (χ0) is 15.4. The van der Waals surface area contributed by atoms with Crippen LogP contribution in [-0.4, -0.2) is 47.8 Å². The topological polar surface area (TPSA) is 49.8 Å². The number of nitrogens with zero attached hydrogens (tertiary/aromatic N) is 1. The van der Waals surface area contributed by atoms with Crippen molar-refractivity contribution >= 4 is 21.8 Å². The van der Waals surface area contributed by atoms with E-state index in [-0.39, 0.29) is 30.6 Å². The summed E-state index contributed by atoms with van der Waals surface area (Å²) in [5.41, 5.74) is 1.16. The second-order valence-corrected chi connectivity index (χ2v) is 6.61. The Morgan fingerprint density at radius 2 is 2.14 bits per heavy atom. The van der Waals surface area contributed by atoms with Crippen LogP contribution in [0.2, 0.25) is 0 Å². The van der Waals surface area contributed by atoms with Gasteiger partial charge in [-0.25, -0.2) is 0 Å². The predicted molar refractivity (Wildman–Crippen MR) is 85.2 cm³/mol. The minimum atomic E-state index is -0.256. The average molecular weight is 356 g/mol. The van der Waals surface area contributed by atoms with Gasteiger partial charge >= 0.3 is 0 Å². The molecule has 0 radical (unpaired) electrons. The highest BCUT2D eigenvalue weighted by Gasteiger charge is 2.29. The number of halogens is 1. The maximum Gasteiger partial charge on any atom is 0.223 e. The molecule has 1 aliphatic rings. The normalized spacial score (nSPS) is 23.9. The molecule has 21 heavy (non-hydrogen) atoms. The van der Waals surface area contributed by atoms with Gasteiger partial charge in [0.05, 0.1) is 25.4 Å². The molecule has 4 nitrogen and oxygen atoms in total. The van der Waals surface area contributed by atoms with Gasteiger partial charge in [-0.1, -0.05) is 35.0 Å². The lowest BCUT2D eigenvalue weighted by Crippen LogP contribution is -2.52. The van der Waals surface area contributed by atoms with Crippen LogP contribution in [0.1, 0.15) is 31.7 Å². The van der Waals surface area contributed by atoms with Gasteiger partial charge in [0.1, 0.15) is 0 Å². The van der Waals surface area contributed by atoms with E-state index in [2.05, 4.69) is 22.9 Å². The van der Waals surface area contributed by atoms with E-state index in [0.717, 1.165) is 10.0 Å². The van der Waals surface area contributed by atoms with Crippen molar-refractivity contribution in [2.45, 2.75) is 38.3 Å². The number of carbonyl (C=O) groups excluding carboxylic acids is 1. The van der Waals surface area contributed by atoms with Crippen LogP contribution in [0.4, 0.5) is 0 Å². The number of benzene rings is 1. The molecule has 5 heteroatoms. The number of amides is 1. The third-order valence-corrected chi connectivity index (χ3v) is 4.48. The van der Waals surface area contributed by atoms with Crippen LogP contribution in [0.3, 0.4) is 0 Å². The lowest BCUT2D eigenvalue weighted by molar-refractivity contribution is -0.146. The molecule has 2 rings (SSSR count). The zero-order valence-electron chi connectivity index (χ0n) is 12.5. The predicted octanol–water partition coefficient (Wildman–Crippen LogP) is 2.55. The van der Waals surface area contributed by atoms with Crippen molar-refractivity contribution in [2.24, 2.45) is 0 Å². The lowest BCUT2D eigenvalue weighted by atomic mass is 9.97. The van der Waals surface area contributed by atoms with Crippen molar-refractivity contribution in [1.29, 1.82) is 0 Å². The van der Waals surface area contributed by atoms with Gasteiger partial charge in [0.25, 0.3) is 0 Å². The van der Waals surface area contributed by atoms with Crippen LogP contribution in [0.5, 0.6) is 0 Å². The highest BCUT2D eigenvalue weighted by molar-refractivity contribution is 9.10. The number of aliphatic hydroxyl groups is 1. The van der Waals surface area contributed by atoms with Gasteiger partial charge in [-0.2, -0.15) is 0 Å². The summed E-state index contributed by atoms with van der Waals surface area (Å²) in [4.78, 5) is 14.3. The Bertz CT molecular complexity index is 477. The van der Waals surface area contributed by atoms with Crippen LogP contribution in [0, 0.1) is 0 Å². The molecular weight excluding hydrogens is 334 g/mol. The van der Waals surface area contributed by atoms with Gasteiger partial charge in [-0.05, 0) is 30.5 Å². The highest BCUT2D eigenvalue weighted by Crippen LogP contribution is 2.23. The van der Waals surface area contributed by atoms with E-state index in [1.807, 2.05) is 36.1 Å². The molecule has 1 fully saturated rings. The summed E-state index contributed by atoms with van der Waals surface area (Å²) in [6.07, 6.45) is 0.220. The summed E-state index contributed by atoms with van der Waals surface area (Å²) in [5.74, 6) is 0.299. The van der Waals surface area contributed by atoms with Crippen molar-refractivity contribution in [3.05, 3.63) is 34.3 Å². The third kappa shape index (κ3) is 4.28. The number of ether oxygens (including phenoxy) is 1. The van der Waals surface area contributed by atoms with Crippen LogP contribution in [0.15, 0.2) is 28.7 Å². The number of aliphatic hydroxyl groups excluding tert-OH is 1. The smallest absolute Gasteiger partial charge is 0.223 e. The first-order valence-electron chi connectivity index (χ1n) is 7.28. The van der Waals surface area contributed by atoms with E-state index in [9.17, 15) is 9.90 Å². The molecule has 0 aromatic heterocycles. The van der Waals surface area contributed by atoms with Crippen molar-refractivity contribution in [3.8, 4) is 0 Å². The fraction of sp³-hybridized carbons (Fsp3) is 0.562. The first kappa shape index (κ1) is 16.5. The van der Waals surface area contributed by atoms with Crippen molar-refractivity contribution < 1.29 is 14.6 Å². The van der Waals surface area contributed by atoms with Crippen LogP contribution in [0.25, 0.3) is 0 Å². The molecule has 0 spiro atoms. The monoisotopic (exact) mass is 355 g/mol. The number of hydrogen-bond acceptors (Lipinski definition) is 3. The van der Waals surface area contributed by atoms with Crippen molar-refractivity contribution in [3.63, 3.8) is 0 Å². The molecule has 1 aromatic carbocycles. The maximum absolute atomic E-state index is 12.5. The standard InChI is InChI=1S/C16H22BrNO3/c1-11(13-3-5-14(17)6-4-13)7-16(20)18-8-15(9-19)21-10-12(18)2/h3-6,11-12,15,19H,7-10H2,1-2H3. The number of morpholine rings is 1. The van der Waals surface area contributed by atoms with Crippen molar-refractivity contribution in [2.75, 3.05) is 19.8 Å². The van der Waals surface area contributed by atoms with E-state index < -0.39 is 0 Å². The zero-order valence-corrected chi connectivity index (χ0v) is 14.0. The molecular formula is C16H22BrNO3. The Morgan fingerprint density at radius 3 is 2.76 bits per heavy atom. The Labute approximate surface area is 134 Å². The Hall–Kier alpha value is -0.910. The average Bonchev–Trinajstić information content (AvgIpc) is 2.48. The summed E-state index contributed by atoms with van der Waals surface area (Å²) in [7, 11) is 0. The number of carbonyl (C=O) groups is 1. The summed E-state index contributed by atoms with van der Waals surface area (Å²) in [6, 6.07) is 8.14. The Kier molecular flexibility index (Phi) is 5.79. The molecule has 0 aliphatic carbocycles. The summed E-state index contributed by atoms with van der Waals surface area (Å²) < 4.78 is 6.51. The number of hydrogen-bond donors (Lipinski definition) is 1. The Morgan fingerprint density at radius 1 is 1.48 bits per heavy atom. The largest absolute Gasteiger partial charge is 0.394 e. The highest BCUT2D eigenvalue weighted by atomic mass is 79.9. The van der Waals surface area contributed by atoms with Crippen LogP contribution < -0.4 is 0 Å². The first-order chi connectivity index (χ1) is 10.0. The summed E-state index contributed by atoms with van der Waals surface area (Å²) in [6.45, 7) is 4.97. The second kappa shape index (κ2) is 7.38. The van der Waals surface area contributed by atoms with Gasteiger partial charge in [0, 0.05) is 17.4 Å². The number of rotatable bonds is 4. The quantitative estimate of drug-likeness (QED) is 0.902. The molecule has 1 aromatic rings.